The van der Waals surface area contributed by atoms with Crippen molar-refractivity contribution in [2.75, 3.05) is 26.2 Å². The second-order valence-corrected chi connectivity index (χ2v) is 12.1. The Morgan fingerprint density at radius 2 is 1.68 bits per heavy atom. The molecule has 198 valence electrons. The Hall–Kier alpha value is -2.93. The minimum Gasteiger partial charge on any atom is -0.486 e. The van der Waals surface area contributed by atoms with Crippen molar-refractivity contribution in [2.45, 2.75) is 77.9 Å². The number of fused-ring (bicyclic) bond motifs is 1. The molecule has 4 heterocycles. The number of piperidine rings is 2. The van der Waals surface area contributed by atoms with Gasteiger partial charge in [0.1, 0.15) is 11.4 Å². The van der Waals surface area contributed by atoms with E-state index in [0.29, 0.717) is 11.0 Å². The summed E-state index contributed by atoms with van der Waals surface area (Å²) in [6.07, 6.45) is 7.31. The first-order valence-electron chi connectivity index (χ1n) is 13.5. The fraction of sp³-hybridized carbons (Fsp3) is 0.567. The SMILES string of the molecule is CC(=O)Oc1cnccc1C(=O)N1CCC2(CCN(Cc3cccc4c3OC(C)(C)C4(C)C)CC2)CC1. The molecule has 1 spiro atoms. The number of ether oxygens (including phenoxy) is 2. The summed E-state index contributed by atoms with van der Waals surface area (Å²) in [5.41, 5.74) is 3.05. The van der Waals surface area contributed by atoms with Crippen LogP contribution in [0.5, 0.6) is 11.5 Å². The van der Waals surface area contributed by atoms with Crippen molar-refractivity contribution in [3.8, 4) is 11.5 Å². The fourth-order valence-electron chi connectivity index (χ4n) is 6.10. The van der Waals surface area contributed by atoms with E-state index < -0.39 is 5.97 Å². The van der Waals surface area contributed by atoms with Crippen LogP contribution in [0, 0.1) is 5.41 Å². The van der Waals surface area contributed by atoms with Crippen LogP contribution in [-0.4, -0.2) is 58.4 Å². The molecule has 2 fully saturated rings. The lowest BCUT2D eigenvalue weighted by Gasteiger charge is -2.47. The summed E-state index contributed by atoms with van der Waals surface area (Å²) in [4.78, 5) is 33.1. The van der Waals surface area contributed by atoms with Crippen molar-refractivity contribution in [2.24, 2.45) is 5.41 Å². The molecule has 0 unspecified atom stereocenters. The third-order valence-electron chi connectivity index (χ3n) is 9.32. The van der Waals surface area contributed by atoms with Crippen LogP contribution in [0.4, 0.5) is 0 Å². The van der Waals surface area contributed by atoms with E-state index in [0.717, 1.165) is 64.2 Å². The van der Waals surface area contributed by atoms with E-state index in [2.05, 4.69) is 55.8 Å². The molecule has 0 bridgehead atoms. The number of benzene rings is 1. The first kappa shape index (κ1) is 25.7. The van der Waals surface area contributed by atoms with Crippen LogP contribution >= 0.6 is 0 Å². The number of carbonyl (C=O) groups excluding carboxylic acids is 2. The van der Waals surface area contributed by atoms with Gasteiger partial charge in [-0.1, -0.05) is 32.0 Å². The first-order valence-corrected chi connectivity index (χ1v) is 13.5. The summed E-state index contributed by atoms with van der Waals surface area (Å²) in [5.74, 6) is 0.770. The molecule has 3 aliphatic rings. The second kappa shape index (κ2) is 9.43. The van der Waals surface area contributed by atoms with Gasteiger partial charge in [-0.3, -0.25) is 19.5 Å². The molecule has 1 aromatic carbocycles. The molecular weight excluding hydrogens is 466 g/mol. The molecule has 7 heteroatoms. The molecule has 5 rings (SSSR count). The smallest absolute Gasteiger partial charge is 0.308 e. The Morgan fingerprint density at radius 1 is 1.00 bits per heavy atom. The Balaban J connectivity index is 1.19. The maximum atomic E-state index is 13.2. The minimum atomic E-state index is -0.453. The third kappa shape index (κ3) is 4.74. The lowest BCUT2D eigenvalue weighted by molar-refractivity contribution is -0.131. The van der Waals surface area contributed by atoms with Crippen LogP contribution in [0.1, 0.15) is 81.8 Å². The largest absolute Gasteiger partial charge is 0.486 e. The lowest BCUT2D eigenvalue weighted by Crippen LogP contribution is -2.48. The van der Waals surface area contributed by atoms with Crippen LogP contribution < -0.4 is 9.47 Å². The monoisotopic (exact) mass is 505 g/mol. The minimum absolute atomic E-state index is 0.0229. The number of esters is 1. The van der Waals surface area contributed by atoms with Gasteiger partial charge in [0.15, 0.2) is 5.75 Å². The van der Waals surface area contributed by atoms with Crippen molar-refractivity contribution in [1.29, 1.82) is 0 Å². The Labute approximate surface area is 220 Å². The van der Waals surface area contributed by atoms with Gasteiger partial charge in [0.25, 0.3) is 5.91 Å². The van der Waals surface area contributed by atoms with Crippen LogP contribution in [0.2, 0.25) is 0 Å². The number of likely N-dealkylation sites (tertiary alicyclic amines) is 2. The van der Waals surface area contributed by atoms with Crippen molar-refractivity contribution >= 4 is 11.9 Å². The number of pyridine rings is 1. The average Bonchev–Trinajstić information content (AvgIpc) is 3.05. The van der Waals surface area contributed by atoms with Crippen molar-refractivity contribution in [1.82, 2.24) is 14.8 Å². The summed E-state index contributed by atoms with van der Waals surface area (Å²) in [6.45, 7) is 14.7. The highest BCUT2D eigenvalue weighted by atomic mass is 16.5. The standard InChI is InChI=1S/C30H39N3O4/c1-21(34)36-25-19-31-14-9-23(25)27(35)33-17-12-30(13-18-33)10-15-32(16-11-30)20-22-7-6-8-24-26(22)37-29(4,5)28(24,2)3/h6-9,14,19H,10-13,15-18,20H2,1-5H3. The Kier molecular flexibility index (Phi) is 6.55. The van der Waals surface area contributed by atoms with Gasteiger partial charge in [-0.25, -0.2) is 0 Å². The number of amides is 1. The van der Waals surface area contributed by atoms with E-state index >= 15 is 0 Å². The van der Waals surface area contributed by atoms with Gasteiger partial charge >= 0.3 is 5.97 Å². The van der Waals surface area contributed by atoms with Gasteiger partial charge in [-0.05, 0) is 64.1 Å². The molecule has 1 amide bonds. The normalized spacial score (nSPS) is 21.8. The molecule has 0 N–H and O–H groups in total. The molecule has 2 aromatic rings. The summed E-state index contributed by atoms with van der Waals surface area (Å²) in [5, 5.41) is 0. The number of para-hydroxylation sites is 1. The van der Waals surface area contributed by atoms with Crippen molar-refractivity contribution in [3.05, 3.63) is 53.3 Å². The molecule has 7 nitrogen and oxygen atoms in total. The molecule has 0 saturated carbocycles. The topological polar surface area (TPSA) is 72.0 Å². The molecule has 1 aromatic heterocycles. The number of carbonyl (C=O) groups is 2. The van der Waals surface area contributed by atoms with E-state index in [-0.39, 0.29) is 22.7 Å². The van der Waals surface area contributed by atoms with Crippen LogP contribution in [0.3, 0.4) is 0 Å². The Morgan fingerprint density at radius 3 is 2.35 bits per heavy atom. The highest BCUT2D eigenvalue weighted by Crippen LogP contribution is 2.50. The summed E-state index contributed by atoms with van der Waals surface area (Å²) in [7, 11) is 0. The number of hydrogen-bond acceptors (Lipinski definition) is 6. The molecule has 3 aliphatic heterocycles. The number of rotatable bonds is 4. The van der Waals surface area contributed by atoms with Crippen molar-refractivity contribution < 1.29 is 19.1 Å². The van der Waals surface area contributed by atoms with E-state index in [1.807, 2.05) is 4.90 Å². The quantitative estimate of drug-likeness (QED) is 0.546. The van der Waals surface area contributed by atoms with Gasteiger partial charge in [0.2, 0.25) is 0 Å². The second-order valence-electron chi connectivity index (χ2n) is 12.1. The van der Waals surface area contributed by atoms with E-state index in [9.17, 15) is 9.59 Å². The maximum absolute atomic E-state index is 13.2. The molecule has 2 saturated heterocycles. The number of nitrogens with zero attached hydrogens (tertiary/aromatic N) is 3. The highest BCUT2D eigenvalue weighted by molar-refractivity contribution is 5.97. The predicted molar refractivity (Wildman–Crippen MR) is 142 cm³/mol. The van der Waals surface area contributed by atoms with Crippen LogP contribution in [0.15, 0.2) is 36.7 Å². The zero-order valence-corrected chi connectivity index (χ0v) is 22.8. The molecule has 37 heavy (non-hydrogen) atoms. The van der Waals surface area contributed by atoms with Gasteiger partial charge in [-0.2, -0.15) is 0 Å². The number of hydrogen-bond donors (Lipinski definition) is 0. The molecule has 0 radical (unpaired) electrons. The number of aromatic nitrogens is 1. The van der Waals surface area contributed by atoms with Gasteiger partial charge in [0.05, 0.1) is 11.8 Å². The van der Waals surface area contributed by atoms with Gasteiger partial charge in [-0.15, -0.1) is 0 Å². The summed E-state index contributed by atoms with van der Waals surface area (Å²) < 4.78 is 11.7. The summed E-state index contributed by atoms with van der Waals surface area (Å²) in [6, 6.07) is 8.24. The Bertz CT molecular complexity index is 1190. The zero-order valence-electron chi connectivity index (χ0n) is 22.8. The van der Waals surface area contributed by atoms with Gasteiger partial charge < -0.3 is 14.4 Å². The van der Waals surface area contributed by atoms with Crippen LogP contribution in [-0.2, 0) is 16.8 Å². The lowest BCUT2D eigenvalue weighted by atomic mass is 9.71. The molecular formula is C30H39N3O4. The highest BCUT2D eigenvalue weighted by Gasteiger charge is 2.48. The first-order chi connectivity index (χ1) is 17.5. The molecule has 0 atom stereocenters. The third-order valence-corrected chi connectivity index (χ3v) is 9.32. The maximum Gasteiger partial charge on any atom is 0.308 e. The van der Waals surface area contributed by atoms with Crippen LogP contribution in [0.25, 0.3) is 0 Å². The van der Waals surface area contributed by atoms with E-state index in [4.69, 9.17) is 9.47 Å². The molecule has 0 aliphatic carbocycles. The fourth-order valence-corrected chi connectivity index (χ4v) is 6.10. The van der Waals surface area contributed by atoms with E-state index in [1.165, 1.54) is 24.2 Å². The predicted octanol–water partition coefficient (Wildman–Crippen LogP) is 4.97. The average molecular weight is 506 g/mol. The van der Waals surface area contributed by atoms with Gasteiger partial charge in [0, 0.05) is 49.3 Å². The van der Waals surface area contributed by atoms with E-state index in [1.54, 1.807) is 12.3 Å². The van der Waals surface area contributed by atoms with Crippen molar-refractivity contribution in [3.63, 3.8) is 0 Å². The zero-order chi connectivity index (χ0) is 26.4. The summed E-state index contributed by atoms with van der Waals surface area (Å²) >= 11 is 0.